The summed E-state index contributed by atoms with van der Waals surface area (Å²) in [5.74, 6) is -1.09. The lowest BCUT2D eigenvalue weighted by Gasteiger charge is -2.14. The molecule has 4 heteroatoms. The van der Waals surface area contributed by atoms with Crippen LogP contribution in [0.5, 0.6) is 0 Å². The fourth-order valence-corrected chi connectivity index (χ4v) is 1.45. The van der Waals surface area contributed by atoms with Crippen molar-refractivity contribution in [2.45, 2.75) is 19.4 Å². The molecule has 0 saturated heterocycles. The topological polar surface area (TPSA) is 46.5 Å². The number of hydrogen-bond donors (Lipinski definition) is 1. The molecule has 1 N–H and O–H groups in total. The Hall–Kier alpha value is -1.42. The number of ether oxygens (including phenoxy) is 1. The van der Waals surface area contributed by atoms with Crippen molar-refractivity contribution in [3.8, 4) is 0 Å². The van der Waals surface area contributed by atoms with Crippen LogP contribution in [-0.2, 0) is 9.53 Å². The minimum atomic E-state index is -0.783. The number of carbonyl (C=O) groups excluding carboxylic acids is 1. The van der Waals surface area contributed by atoms with Gasteiger partial charge in [-0.1, -0.05) is 19.1 Å². The normalized spacial score (nSPS) is 14.2. The zero-order valence-corrected chi connectivity index (χ0v) is 9.31. The number of esters is 1. The van der Waals surface area contributed by atoms with E-state index in [0.717, 1.165) is 0 Å². The lowest BCUT2D eigenvalue weighted by atomic mass is 9.98. The predicted molar refractivity (Wildman–Crippen MR) is 57.2 cm³/mol. The number of carbonyl (C=O) groups is 1. The molecule has 2 unspecified atom stereocenters. The van der Waals surface area contributed by atoms with E-state index in [1.165, 1.54) is 31.4 Å². The smallest absolute Gasteiger partial charge is 0.308 e. The van der Waals surface area contributed by atoms with Crippen molar-refractivity contribution in [3.63, 3.8) is 0 Å². The van der Waals surface area contributed by atoms with Gasteiger partial charge in [-0.3, -0.25) is 4.79 Å². The van der Waals surface area contributed by atoms with E-state index in [4.69, 9.17) is 0 Å². The largest absolute Gasteiger partial charge is 0.469 e. The first-order valence-electron chi connectivity index (χ1n) is 5.06. The van der Waals surface area contributed by atoms with Gasteiger partial charge in [0.1, 0.15) is 5.82 Å². The molecule has 0 radical (unpaired) electrons. The van der Waals surface area contributed by atoms with Crippen molar-refractivity contribution in [1.29, 1.82) is 0 Å². The summed E-state index contributed by atoms with van der Waals surface area (Å²) in [6.45, 7) is 1.68. The Morgan fingerprint density at radius 3 is 2.50 bits per heavy atom. The van der Waals surface area contributed by atoms with E-state index in [1.54, 1.807) is 6.92 Å². The van der Waals surface area contributed by atoms with Crippen molar-refractivity contribution in [2.75, 3.05) is 7.11 Å². The van der Waals surface area contributed by atoms with Gasteiger partial charge in [-0.15, -0.1) is 0 Å². The number of aliphatic hydroxyl groups excluding tert-OH is 1. The molecule has 1 aromatic carbocycles. The molecular weight excluding hydrogens is 211 g/mol. The van der Waals surface area contributed by atoms with E-state index in [0.29, 0.717) is 5.56 Å². The second-order valence-electron chi connectivity index (χ2n) is 3.73. The van der Waals surface area contributed by atoms with Crippen LogP contribution >= 0.6 is 0 Å². The highest BCUT2D eigenvalue weighted by atomic mass is 19.1. The third-order valence-electron chi connectivity index (χ3n) is 2.44. The van der Waals surface area contributed by atoms with E-state index in [1.807, 2.05) is 0 Å². The Morgan fingerprint density at radius 2 is 2.00 bits per heavy atom. The highest BCUT2D eigenvalue weighted by Crippen LogP contribution is 2.21. The molecule has 0 aliphatic carbocycles. The van der Waals surface area contributed by atoms with Crippen molar-refractivity contribution in [2.24, 2.45) is 5.92 Å². The highest BCUT2D eigenvalue weighted by molar-refractivity contribution is 5.71. The van der Waals surface area contributed by atoms with Crippen LogP contribution in [0.1, 0.15) is 25.0 Å². The first kappa shape index (κ1) is 12.6. The molecule has 0 amide bonds. The summed E-state index contributed by atoms with van der Waals surface area (Å²) < 4.78 is 17.2. The monoisotopic (exact) mass is 226 g/mol. The van der Waals surface area contributed by atoms with Gasteiger partial charge in [-0.05, 0) is 24.1 Å². The first-order chi connectivity index (χ1) is 7.54. The SMILES string of the molecule is COC(=O)C(C)CC(O)c1ccc(F)cc1. The first-order valence-corrected chi connectivity index (χ1v) is 5.06. The number of halogens is 1. The molecule has 2 atom stereocenters. The Labute approximate surface area is 93.9 Å². The van der Waals surface area contributed by atoms with Crippen LogP contribution in [0.3, 0.4) is 0 Å². The zero-order chi connectivity index (χ0) is 12.1. The van der Waals surface area contributed by atoms with E-state index < -0.39 is 6.10 Å². The van der Waals surface area contributed by atoms with Gasteiger partial charge in [0.15, 0.2) is 0 Å². The Morgan fingerprint density at radius 1 is 1.44 bits per heavy atom. The molecule has 0 bridgehead atoms. The molecule has 0 aliphatic rings. The predicted octanol–water partition coefficient (Wildman–Crippen LogP) is 2.06. The van der Waals surface area contributed by atoms with Crippen LogP contribution in [0.25, 0.3) is 0 Å². The molecule has 0 saturated carbocycles. The standard InChI is InChI=1S/C12H15FO3/c1-8(12(15)16-2)7-11(14)9-3-5-10(13)6-4-9/h3-6,8,11,14H,7H2,1-2H3. The third kappa shape index (κ3) is 3.31. The van der Waals surface area contributed by atoms with E-state index in [9.17, 15) is 14.3 Å². The quantitative estimate of drug-likeness (QED) is 0.799. The minimum Gasteiger partial charge on any atom is -0.469 e. The number of aliphatic hydroxyl groups is 1. The van der Waals surface area contributed by atoms with Crippen LogP contribution in [0.2, 0.25) is 0 Å². The van der Waals surface area contributed by atoms with Crippen molar-refractivity contribution in [3.05, 3.63) is 35.6 Å². The maximum Gasteiger partial charge on any atom is 0.308 e. The lowest BCUT2D eigenvalue weighted by Crippen LogP contribution is -2.15. The van der Waals surface area contributed by atoms with E-state index >= 15 is 0 Å². The number of hydrogen-bond acceptors (Lipinski definition) is 3. The second-order valence-corrected chi connectivity index (χ2v) is 3.73. The van der Waals surface area contributed by atoms with Crippen LogP contribution in [0.4, 0.5) is 4.39 Å². The summed E-state index contributed by atoms with van der Waals surface area (Å²) in [7, 11) is 1.31. The summed E-state index contributed by atoms with van der Waals surface area (Å²) in [6.07, 6.45) is -0.520. The molecular formula is C12H15FO3. The maximum absolute atomic E-state index is 12.6. The second kappa shape index (κ2) is 5.61. The number of methoxy groups -OCH3 is 1. The summed E-state index contributed by atoms with van der Waals surface area (Å²) >= 11 is 0. The van der Waals surface area contributed by atoms with Crippen molar-refractivity contribution < 1.29 is 19.0 Å². The molecule has 16 heavy (non-hydrogen) atoms. The summed E-state index contributed by atoms with van der Waals surface area (Å²) in [5.41, 5.74) is 0.595. The number of benzene rings is 1. The van der Waals surface area contributed by atoms with Gasteiger partial charge in [-0.2, -0.15) is 0 Å². The van der Waals surface area contributed by atoms with Gasteiger partial charge in [0.2, 0.25) is 0 Å². The van der Waals surface area contributed by atoms with Crippen molar-refractivity contribution >= 4 is 5.97 Å². The van der Waals surface area contributed by atoms with Crippen LogP contribution < -0.4 is 0 Å². The molecule has 88 valence electrons. The molecule has 0 heterocycles. The van der Waals surface area contributed by atoms with Crippen molar-refractivity contribution in [1.82, 2.24) is 0 Å². The van der Waals surface area contributed by atoms with Gasteiger partial charge in [-0.25, -0.2) is 4.39 Å². The molecule has 0 spiro atoms. The average Bonchev–Trinajstić information content (AvgIpc) is 2.28. The maximum atomic E-state index is 12.6. The third-order valence-corrected chi connectivity index (χ3v) is 2.44. The van der Waals surface area contributed by atoms with Gasteiger partial charge in [0.05, 0.1) is 19.1 Å². The Kier molecular flexibility index (Phi) is 4.43. The zero-order valence-electron chi connectivity index (χ0n) is 9.31. The van der Waals surface area contributed by atoms with E-state index in [-0.39, 0.29) is 24.1 Å². The average molecular weight is 226 g/mol. The van der Waals surface area contributed by atoms with Crippen LogP contribution in [-0.4, -0.2) is 18.2 Å². The summed E-state index contributed by atoms with van der Waals surface area (Å²) in [5, 5.41) is 9.80. The van der Waals surface area contributed by atoms with Gasteiger partial charge >= 0.3 is 5.97 Å². The van der Waals surface area contributed by atoms with Crippen LogP contribution in [0.15, 0.2) is 24.3 Å². The summed E-state index contributed by atoms with van der Waals surface area (Å²) in [4.78, 5) is 11.1. The summed E-state index contributed by atoms with van der Waals surface area (Å²) in [6, 6.07) is 5.57. The Balaban J connectivity index is 2.61. The van der Waals surface area contributed by atoms with Crippen LogP contribution in [0, 0.1) is 11.7 Å². The fraction of sp³-hybridized carbons (Fsp3) is 0.417. The fourth-order valence-electron chi connectivity index (χ4n) is 1.45. The molecule has 0 aliphatic heterocycles. The molecule has 1 aromatic rings. The molecule has 0 fully saturated rings. The number of rotatable bonds is 4. The van der Waals surface area contributed by atoms with Gasteiger partial charge < -0.3 is 9.84 Å². The van der Waals surface area contributed by atoms with Gasteiger partial charge in [0, 0.05) is 0 Å². The highest BCUT2D eigenvalue weighted by Gasteiger charge is 2.18. The molecule has 3 nitrogen and oxygen atoms in total. The van der Waals surface area contributed by atoms with Gasteiger partial charge in [0.25, 0.3) is 0 Å². The van der Waals surface area contributed by atoms with E-state index in [2.05, 4.69) is 4.74 Å². The Bertz CT molecular complexity index is 348. The molecule has 1 rings (SSSR count). The molecule has 0 aromatic heterocycles. The lowest BCUT2D eigenvalue weighted by molar-refractivity contribution is -0.145. The minimum absolute atomic E-state index is 0.262.